The Morgan fingerprint density at radius 2 is 1.60 bits per heavy atom. The lowest BCUT2D eigenvalue weighted by Crippen LogP contribution is -2.32. The fourth-order valence-electron chi connectivity index (χ4n) is 4.31. The quantitative estimate of drug-likeness (QED) is 0.744. The monoisotopic (exact) mass is 309 g/mol. The summed E-state index contributed by atoms with van der Waals surface area (Å²) >= 11 is 12.0. The summed E-state index contributed by atoms with van der Waals surface area (Å²) in [6.07, 6.45) is 3.19. The predicted molar refractivity (Wildman–Crippen MR) is 76.8 cm³/mol. The average Bonchev–Trinajstić information content (AvgIpc) is 3.06. The zero-order valence-corrected chi connectivity index (χ0v) is 12.2. The zero-order chi connectivity index (χ0) is 14.0. The average molecular weight is 310 g/mol. The van der Waals surface area contributed by atoms with Gasteiger partial charge in [-0.2, -0.15) is 0 Å². The van der Waals surface area contributed by atoms with E-state index >= 15 is 0 Å². The minimum Gasteiger partial charge on any atom is -0.274 e. The number of nitrogens with zero attached hydrogens (tertiary/aromatic N) is 1. The molecule has 2 saturated carbocycles. The van der Waals surface area contributed by atoms with Gasteiger partial charge in [0.05, 0.1) is 22.5 Å². The minimum atomic E-state index is -0.118. The molecule has 2 aliphatic carbocycles. The Morgan fingerprint density at radius 1 is 1.00 bits per heavy atom. The molecule has 2 bridgehead atoms. The Bertz CT molecular complexity index is 602. The third-order valence-corrected chi connectivity index (χ3v) is 5.62. The van der Waals surface area contributed by atoms with E-state index in [9.17, 15) is 9.59 Å². The van der Waals surface area contributed by atoms with E-state index in [4.69, 9.17) is 23.2 Å². The number of amides is 2. The lowest BCUT2D eigenvalue weighted by Gasteiger charge is -2.19. The normalized spacial score (nSPS) is 35.0. The molecule has 1 aliphatic heterocycles. The van der Waals surface area contributed by atoms with Gasteiger partial charge in [-0.25, -0.2) is 4.90 Å². The standard InChI is InChI=1S/C15H13Cl2NO2/c16-9-3-4-11(10(17)6-9)18-14(19)12-7-1-2-8(5-7)13(12)15(18)20/h3-4,6-8,12-13H,1-2,5H2/t7-,8+,12-,13+. The van der Waals surface area contributed by atoms with Crippen molar-refractivity contribution in [2.75, 3.05) is 4.90 Å². The molecule has 0 radical (unpaired) electrons. The van der Waals surface area contributed by atoms with E-state index in [1.807, 2.05) is 0 Å². The molecular weight excluding hydrogens is 297 g/mol. The van der Waals surface area contributed by atoms with E-state index in [2.05, 4.69) is 0 Å². The summed E-state index contributed by atoms with van der Waals surface area (Å²) in [5.41, 5.74) is 0.472. The third kappa shape index (κ3) is 1.54. The lowest BCUT2D eigenvalue weighted by molar-refractivity contribution is -0.123. The van der Waals surface area contributed by atoms with Gasteiger partial charge >= 0.3 is 0 Å². The summed E-state index contributed by atoms with van der Waals surface area (Å²) in [7, 11) is 0. The van der Waals surface area contributed by atoms with Crippen LogP contribution in [-0.4, -0.2) is 11.8 Å². The molecule has 1 aromatic rings. The van der Waals surface area contributed by atoms with Crippen LogP contribution < -0.4 is 4.90 Å². The molecule has 0 N–H and O–H groups in total. The summed E-state index contributed by atoms with van der Waals surface area (Å²) in [6, 6.07) is 4.89. The molecule has 0 unspecified atom stereocenters. The minimum absolute atomic E-state index is 0.0728. The summed E-state index contributed by atoms with van der Waals surface area (Å²) in [6.45, 7) is 0. The Labute approximate surface area is 126 Å². The number of benzene rings is 1. The van der Waals surface area contributed by atoms with Crippen molar-refractivity contribution in [3.63, 3.8) is 0 Å². The van der Waals surface area contributed by atoms with Gasteiger partial charge in [0.15, 0.2) is 0 Å². The van der Waals surface area contributed by atoms with Crippen LogP contribution in [0.5, 0.6) is 0 Å². The van der Waals surface area contributed by atoms with Crippen LogP contribution in [0.1, 0.15) is 19.3 Å². The van der Waals surface area contributed by atoms with Crippen molar-refractivity contribution in [3.05, 3.63) is 28.2 Å². The number of carbonyl (C=O) groups excluding carboxylic acids is 2. The molecular formula is C15H13Cl2NO2. The molecule has 4 atom stereocenters. The fraction of sp³-hybridized carbons (Fsp3) is 0.467. The van der Waals surface area contributed by atoms with Gasteiger partial charge < -0.3 is 0 Å². The first kappa shape index (κ1) is 12.7. The van der Waals surface area contributed by atoms with Crippen LogP contribution in [-0.2, 0) is 9.59 Å². The SMILES string of the molecule is O=C1[C@@H]2[C@@H]3CC[C@@H](C3)[C@@H]2C(=O)N1c1ccc(Cl)cc1Cl. The predicted octanol–water partition coefficient (Wildman–Crippen LogP) is 3.53. The highest BCUT2D eigenvalue weighted by molar-refractivity contribution is 6.38. The first-order valence-electron chi connectivity index (χ1n) is 6.91. The molecule has 0 spiro atoms. The zero-order valence-electron chi connectivity index (χ0n) is 10.7. The van der Waals surface area contributed by atoms with Crippen molar-refractivity contribution >= 4 is 40.7 Å². The van der Waals surface area contributed by atoms with Crippen LogP contribution in [0.2, 0.25) is 10.0 Å². The lowest BCUT2D eigenvalue weighted by atomic mass is 9.81. The number of rotatable bonds is 1. The maximum atomic E-state index is 12.6. The highest BCUT2D eigenvalue weighted by Gasteiger charge is 2.61. The van der Waals surface area contributed by atoms with E-state index in [-0.39, 0.29) is 23.7 Å². The molecule has 3 aliphatic rings. The van der Waals surface area contributed by atoms with E-state index in [1.165, 1.54) is 4.90 Å². The van der Waals surface area contributed by atoms with Crippen LogP contribution in [0.3, 0.4) is 0 Å². The van der Waals surface area contributed by atoms with E-state index in [1.54, 1.807) is 18.2 Å². The number of hydrogen-bond donors (Lipinski definition) is 0. The van der Waals surface area contributed by atoms with Crippen LogP contribution in [0.15, 0.2) is 18.2 Å². The van der Waals surface area contributed by atoms with Gasteiger partial charge in [0, 0.05) is 5.02 Å². The largest absolute Gasteiger partial charge is 0.274 e. The Morgan fingerprint density at radius 3 is 2.15 bits per heavy atom. The maximum Gasteiger partial charge on any atom is 0.238 e. The van der Waals surface area contributed by atoms with Gasteiger partial charge in [0.2, 0.25) is 11.8 Å². The van der Waals surface area contributed by atoms with Crippen molar-refractivity contribution in [3.8, 4) is 0 Å². The second-order valence-electron chi connectivity index (χ2n) is 5.99. The van der Waals surface area contributed by atoms with Crippen molar-refractivity contribution in [1.82, 2.24) is 0 Å². The van der Waals surface area contributed by atoms with Crippen LogP contribution in [0.4, 0.5) is 5.69 Å². The second kappa shape index (κ2) is 4.22. The number of imide groups is 1. The van der Waals surface area contributed by atoms with Crippen molar-refractivity contribution in [2.24, 2.45) is 23.7 Å². The summed E-state index contributed by atoms with van der Waals surface area (Å²) in [5.74, 6) is 0.392. The third-order valence-electron chi connectivity index (χ3n) is 5.08. The number of anilines is 1. The van der Waals surface area contributed by atoms with Gasteiger partial charge in [-0.05, 0) is 49.3 Å². The Balaban J connectivity index is 1.77. The molecule has 5 heteroatoms. The maximum absolute atomic E-state index is 12.6. The fourth-order valence-corrected chi connectivity index (χ4v) is 4.80. The topological polar surface area (TPSA) is 37.4 Å². The second-order valence-corrected chi connectivity index (χ2v) is 6.84. The van der Waals surface area contributed by atoms with Gasteiger partial charge in [-0.15, -0.1) is 0 Å². The number of fused-ring (bicyclic) bond motifs is 5. The van der Waals surface area contributed by atoms with Gasteiger partial charge in [0.25, 0.3) is 0 Å². The molecule has 3 nitrogen and oxygen atoms in total. The van der Waals surface area contributed by atoms with Crippen molar-refractivity contribution in [2.45, 2.75) is 19.3 Å². The van der Waals surface area contributed by atoms with Gasteiger partial charge in [-0.1, -0.05) is 23.2 Å². The van der Waals surface area contributed by atoms with Crippen LogP contribution >= 0.6 is 23.2 Å². The number of hydrogen-bond acceptors (Lipinski definition) is 2. The number of halogens is 2. The summed E-state index contributed by atoms with van der Waals surface area (Å²) in [5, 5.41) is 0.852. The molecule has 20 heavy (non-hydrogen) atoms. The van der Waals surface area contributed by atoms with Crippen LogP contribution in [0.25, 0.3) is 0 Å². The van der Waals surface area contributed by atoms with Gasteiger partial charge in [0.1, 0.15) is 0 Å². The molecule has 0 aromatic heterocycles. The summed E-state index contributed by atoms with van der Waals surface area (Å²) in [4.78, 5) is 26.6. The smallest absolute Gasteiger partial charge is 0.238 e. The molecule has 1 saturated heterocycles. The van der Waals surface area contributed by atoms with Crippen LogP contribution in [0, 0.1) is 23.7 Å². The molecule has 1 heterocycles. The van der Waals surface area contributed by atoms with E-state index < -0.39 is 0 Å². The first-order chi connectivity index (χ1) is 9.58. The van der Waals surface area contributed by atoms with E-state index in [0.29, 0.717) is 27.6 Å². The molecule has 104 valence electrons. The van der Waals surface area contributed by atoms with Crippen molar-refractivity contribution in [1.29, 1.82) is 0 Å². The van der Waals surface area contributed by atoms with Gasteiger partial charge in [-0.3, -0.25) is 9.59 Å². The molecule has 1 aromatic carbocycles. The first-order valence-corrected chi connectivity index (χ1v) is 7.66. The molecule has 2 amide bonds. The molecule has 3 fully saturated rings. The molecule has 4 rings (SSSR count). The Hall–Kier alpha value is -1.06. The highest BCUT2D eigenvalue weighted by Crippen LogP contribution is 2.57. The van der Waals surface area contributed by atoms with Crippen molar-refractivity contribution < 1.29 is 9.59 Å². The number of carbonyl (C=O) groups is 2. The Kier molecular flexibility index (Phi) is 2.67. The highest BCUT2D eigenvalue weighted by atomic mass is 35.5. The van der Waals surface area contributed by atoms with E-state index in [0.717, 1.165) is 19.3 Å². The summed E-state index contributed by atoms with van der Waals surface area (Å²) < 4.78 is 0.